The van der Waals surface area contributed by atoms with Crippen molar-refractivity contribution in [2.75, 3.05) is 0 Å². The highest BCUT2D eigenvalue weighted by Crippen LogP contribution is 2.75. The van der Waals surface area contributed by atoms with Crippen molar-refractivity contribution in [1.29, 1.82) is 0 Å². The third-order valence-electron chi connectivity index (χ3n) is 14.0. The number of carboxylic acids is 1. The molecular formula is C38H58O7. The number of carbonyl (C=O) groups is 3. The smallest absolute Gasteiger partial charge is 0.331 e. The number of unbranched alkanes of at least 4 members (excludes halogenated alkanes) is 2. The zero-order valence-corrected chi connectivity index (χ0v) is 28.5. The van der Waals surface area contributed by atoms with Crippen LogP contribution < -0.4 is 0 Å². The molecule has 4 N–H and O–H groups in total. The number of rotatable bonds is 9. The molecule has 7 heteroatoms. The molecule has 0 radical (unpaired) electrons. The lowest BCUT2D eigenvalue weighted by Gasteiger charge is -2.65. The molecule has 5 aliphatic rings. The van der Waals surface area contributed by atoms with E-state index in [-0.39, 0.29) is 40.8 Å². The second-order valence-corrected chi connectivity index (χ2v) is 16.5. The number of carbonyl (C=O) groups excluding carboxylic acids is 2. The number of hydrogen-bond donors (Lipinski definition) is 4. The van der Waals surface area contributed by atoms with Crippen molar-refractivity contribution in [3.8, 4) is 0 Å². The van der Waals surface area contributed by atoms with E-state index in [0.717, 1.165) is 68.9 Å². The van der Waals surface area contributed by atoms with Gasteiger partial charge in [0.15, 0.2) is 5.78 Å². The summed E-state index contributed by atoms with van der Waals surface area (Å²) in [5.74, 6) is -1.18. The second kappa shape index (κ2) is 12.3. The Bertz CT molecular complexity index is 1260. The minimum Gasteiger partial charge on any atom is -0.478 e. The first kappa shape index (κ1) is 34.5. The van der Waals surface area contributed by atoms with Crippen LogP contribution in [-0.2, 0) is 14.4 Å². The van der Waals surface area contributed by atoms with Crippen LogP contribution in [0.2, 0.25) is 0 Å². The molecule has 0 unspecified atom stereocenters. The minimum atomic E-state index is -1.06. The summed E-state index contributed by atoms with van der Waals surface area (Å²) >= 11 is 0. The molecule has 10 atom stereocenters. The highest BCUT2D eigenvalue weighted by atomic mass is 16.4. The normalized spacial score (nSPS) is 41.0. The van der Waals surface area contributed by atoms with Gasteiger partial charge in [-0.1, -0.05) is 73.1 Å². The SMILES string of the molecule is CCCCC[C@@H]1[C@@H]2C(C)(C)C(=O)CC[C@@]23CCCCC[C@]24CC(=O)C3=C([C@@H]1O)[C@]2(C)[C@@H](O)C[C@@H]4[C@H](C)C[C@H](O)/C=C(\C)C(=O)O. The van der Waals surface area contributed by atoms with Gasteiger partial charge in [0, 0.05) is 40.2 Å². The number of allylic oxidation sites excluding steroid dienone is 1. The molecule has 0 saturated heterocycles. The standard InChI is InChI=1S/C38H58O7/c1-7-8-10-13-25-32(43)31-30-27(40)21-38(16-12-9-11-15-37(30)17-14-28(41)35(4,5)33(25)37)26(20-29(42)36(31,38)6)22(2)18-24(39)19-23(3)34(44)45/h19,22,24-26,29,32-33,39,42-43H,7-18,20-21H2,1-6H3,(H,44,45)/b23-19+/t22-,24+,25+,26-,29+,32-,33-,36+,37-,38-/m1/s1. The predicted molar refractivity (Wildman–Crippen MR) is 173 cm³/mol. The Morgan fingerprint density at radius 1 is 1.04 bits per heavy atom. The number of carboxylic acid groups (broad SMARTS) is 1. The molecule has 0 aromatic heterocycles. The number of Topliss-reactive ketones (excluding diaryl/α,β-unsaturated/α-hetero) is 2. The summed E-state index contributed by atoms with van der Waals surface area (Å²) in [5, 5.41) is 45.2. The Hall–Kier alpha value is -1.83. The molecule has 0 heterocycles. The minimum absolute atomic E-state index is 0.0769. The maximum absolute atomic E-state index is 14.9. The Kier molecular flexibility index (Phi) is 9.45. The first-order chi connectivity index (χ1) is 21.1. The zero-order valence-electron chi connectivity index (χ0n) is 28.5. The van der Waals surface area contributed by atoms with Gasteiger partial charge in [-0.2, -0.15) is 0 Å². The van der Waals surface area contributed by atoms with Crippen LogP contribution in [0.25, 0.3) is 0 Å². The molecule has 5 aliphatic carbocycles. The van der Waals surface area contributed by atoms with Gasteiger partial charge in [-0.05, 0) is 86.2 Å². The lowest BCUT2D eigenvalue weighted by molar-refractivity contribution is -0.159. The van der Waals surface area contributed by atoms with Gasteiger partial charge in [0.1, 0.15) is 5.78 Å². The van der Waals surface area contributed by atoms with Crippen LogP contribution in [0, 0.1) is 45.3 Å². The summed E-state index contributed by atoms with van der Waals surface area (Å²) in [4.78, 5) is 39.9. The fourth-order valence-electron chi connectivity index (χ4n) is 12.0. The predicted octanol–water partition coefficient (Wildman–Crippen LogP) is 6.57. The molecule has 2 bridgehead atoms. The number of aliphatic hydroxyl groups excluding tert-OH is 3. The van der Waals surface area contributed by atoms with Crippen molar-refractivity contribution in [2.45, 2.75) is 150 Å². The van der Waals surface area contributed by atoms with Gasteiger partial charge in [0.25, 0.3) is 0 Å². The van der Waals surface area contributed by atoms with Crippen LogP contribution in [0.1, 0.15) is 131 Å². The average Bonchev–Trinajstić information content (AvgIpc) is 3.19. The first-order valence-corrected chi connectivity index (χ1v) is 17.9. The third kappa shape index (κ3) is 5.13. The second-order valence-electron chi connectivity index (χ2n) is 16.5. The molecule has 2 spiro atoms. The highest BCUT2D eigenvalue weighted by Gasteiger charge is 2.73. The monoisotopic (exact) mass is 626 g/mol. The van der Waals surface area contributed by atoms with E-state index in [9.17, 15) is 34.8 Å². The summed E-state index contributed by atoms with van der Waals surface area (Å²) in [6.07, 6.45) is 9.36. The van der Waals surface area contributed by atoms with Gasteiger partial charge in [0.05, 0.1) is 18.3 Å². The van der Waals surface area contributed by atoms with Gasteiger partial charge in [-0.25, -0.2) is 4.79 Å². The molecule has 0 aromatic carbocycles. The Morgan fingerprint density at radius 3 is 2.40 bits per heavy atom. The number of ketones is 2. The van der Waals surface area contributed by atoms with Gasteiger partial charge >= 0.3 is 5.97 Å². The van der Waals surface area contributed by atoms with Gasteiger partial charge in [-0.15, -0.1) is 0 Å². The van der Waals surface area contributed by atoms with E-state index in [1.165, 1.54) is 13.0 Å². The van der Waals surface area contributed by atoms with E-state index >= 15 is 0 Å². The van der Waals surface area contributed by atoms with Crippen LogP contribution in [-0.4, -0.2) is 56.3 Å². The quantitative estimate of drug-likeness (QED) is 0.168. The van der Waals surface area contributed by atoms with Gasteiger partial charge in [0.2, 0.25) is 0 Å². The summed E-state index contributed by atoms with van der Waals surface area (Å²) in [6, 6.07) is 0. The van der Waals surface area contributed by atoms with E-state index in [1.807, 2.05) is 0 Å². The van der Waals surface area contributed by atoms with Crippen molar-refractivity contribution in [1.82, 2.24) is 0 Å². The van der Waals surface area contributed by atoms with Crippen molar-refractivity contribution < 1.29 is 34.8 Å². The number of aliphatic carboxylic acids is 1. The van der Waals surface area contributed by atoms with E-state index in [2.05, 4.69) is 34.6 Å². The first-order valence-electron chi connectivity index (χ1n) is 17.9. The molecule has 3 saturated carbocycles. The number of aliphatic hydroxyl groups is 3. The molecule has 252 valence electrons. The number of hydrogen-bond acceptors (Lipinski definition) is 6. The Morgan fingerprint density at radius 2 is 1.73 bits per heavy atom. The average molecular weight is 627 g/mol. The molecular weight excluding hydrogens is 568 g/mol. The van der Waals surface area contributed by atoms with Gasteiger partial charge < -0.3 is 20.4 Å². The van der Waals surface area contributed by atoms with Crippen LogP contribution in [0.15, 0.2) is 22.8 Å². The Labute approximate surface area is 269 Å². The van der Waals surface area contributed by atoms with Gasteiger partial charge in [-0.3, -0.25) is 9.59 Å². The van der Waals surface area contributed by atoms with Crippen LogP contribution in [0.5, 0.6) is 0 Å². The van der Waals surface area contributed by atoms with E-state index in [4.69, 9.17) is 0 Å². The van der Waals surface area contributed by atoms with Crippen molar-refractivity contribution in [3.63, 3.8) is 0 Å². The molecule has 0 aliphatic heterocycles. The molecule has 5 rings (SSSR count). The fraction of sp³-hybridized carbons (Fsp3) is 0.816. The van der Waals surface area contributed by atoms with Crippen molar-refractivity contribution >= 4 is 17.5 Å². The van der Waals surface area contributed by atoms with E-state index < -0.39 is 45.9 Å². The van der Waals surface area contributed by atoms with Crippen LogP contribution in [0.4, 0.5) is 0 Å². The van der Waals surface area contributed by atoms with Crippen LogP contribution >= 0.6 is 0 Å². The Balaban J connectivity index is 1.69. The number of fused-ring (bicyclic) bond motifs is 2. The zero-order chi connectivity index (χ0) is 33.1. The van der Waals surface area contributed by atoms with Crippen LogP contribution in [0.3, 0.4) is 0 Å². The maximum atomic E-state index is 14.9. The van der Waals surface area contributed by atoms with Crippen molar-refractivity contribution in [3.05, 3.63) is 22.8 Å². The summed E-state index contributed by atoms with van der Waals surface area (Å²) in [5.41, 5.74) is -0.877. The highest BCUT2D eigenvalue weighted by molar-refractivity contribution is 6.01. The van der Waals surface area contributed by atoms with E-state index in [1.54, 1.807) is 0 Å². The molecule has 45 heavy (non-hydrogen) atoms. The molecule has 7 nitrogen and oxygen atoms in total. The maximum Gasteiger partial charge on any atom is 0.331 e. The van der Waals surface area contributed by atoms with E-state index in [0.29, 0.717) is 32.1 Å². The third-order valence-corrected chi connectivity index (χ3v) is 14.0. The topological polar surface area (TPSA) is 132 Å². The molecule has 3 fully saturated rings. The largest absolute Gasteiger partial charge is 0.478 e. The lowest BCUT2D eigenvalue weighted by Crippen LogP contribution is -2.64. The summed E-state index contributed by atoms with van der Waals surface area (Å²) in [6.45, 7) is 11.9. The lowest BCUT2D eigenvalue weighted by atomic mass is 9.38. The molecule has 0 amide bonds. The molecule has 0 aromatic rings. The fourth-order valence-corrected chi connectivity index (χ4v) is 12.0. The summed E-state index contributed by atoms with van der Waals surface area (Å²) < 4.78 is 0. The van der Waals surface area contributed by atoms with Crippen molar-refractivity contribution in [2.24, 2.45) is 45.3 Å². The summed E-state index contributed by atoms with van der Waals surface area (Å²) in [7, 11) is 0.